The SMILES string of the molecule is N#CC1CCC2CN1C(=O)N2O. The second-order valence-corrected chi connectivity index (χ2v) is 3.16. The minimum Gasteiger partial charge on any atom is -0.305 e. The molecule has 2 heterocycles. The third-order valence-corrected chi connectivity index (χ3v) is 2.49. The molecule has 0 aromatic carbocycles. The summed E-state index contributed by atoms with van der Waals surface area (Å²) in [6, 6.07) is 1.19. The molecule has 0 aliphatic carbocycles. The van der Waals surface area contributed by atoms with E-state index in [9.17, 15) is 10.0 Å². The number of rotatable bonds is 0. The zero-order valence-corrected chi connectivity index (χ0v) is 6.47. The molecule has 2 fully saturated rings. The van der Waals surface area contributed by atoms with Crippen molar-refractivity contribution in [3.8, 4) is 6.07 Å². The lowest BCUT2D eigenvalue weighted by Gasteiger charge is -2.24. The first-order valence-electron chi connectivity index (χ1n) is 3.92. The summed E-state index contributed by atoms with van der Waals surface area (Å²) in [6.07, 6.45) is 1.39. The van der Waals surface area contributed by atoms with Crippen LogP contribution >= 0.6 is 0 Å². The van der Waals surface area contributed by atoms with Gasteiger partial charge in [-0.1, -0.05) is 0 Å². The summed E-state index contributed by atoms with van der Waals surface area (Å²) < 4.78 is 0. The zero-order valence-electron chi connectivity index (χ0n) is 6.47. The highest BCUT2D eigenvalue weighted by atomic mass is 16.5. The normalized spacial score (nSPS) is 33.8. The van der Waals surface area contributed by atoms with E-state index < -0.39 is 6.03 Å². The second kappa shape index (κ2) is 2.35. The monoisotopic (exact) mass is 167 g/mol. The summed E-state index contributed by atoms with van der Waals surface area (Å²) in [5.41, 5.74) is 0. The third kappa shape index (κ3) is 0.786. The Labute approximate surface area is 69.7 Å². The quantitative estimate of drug-likeness (QED) is 0.523. The average Bonchev–Trinajstić information content (AvgIpc) is 2.33. The van der Waals surface area contributed by atoms with Crippen molar-refractivity contribution in [1.29, 1.82) is 5.26 Å². The van der Waals surface area contributed by atoms with Gasteiger partial charge in [0, 0.05) is 6.54 Å². The summed E-state index contributed by atoms with van der Waals surface area (Å²) >= 11 is 0. The van der Waals surface area contributed by atoms with Crippen molar-refractivity contribution in [3.63, 3.8) is 0 Å². The van der Waals surface area contributed by atoms with Crippen molar-refractivity contribution >= 4 is 6.03 Å². The maximum atomic E-state index is 11.2. The topological polar surface area (TPSA) is 67.6 Å². The van der Waals surface area contributed by atoms with Crippen molar-refractivity contribution in [2.45, 2.75) is 24.9 Å². The van der Waals surface area contributed by atoms with Crippen LogP contribution in [-0.4, -0.2) is 39.8 Å². The molecular formula is C7H9N3O2. The van der Waals surface area contributed by atoms with Crippen molar-refractivity contribution < 1.29 is 10.0 Å². The number of piperidine rings is 1. The first-order chi connectivity index (χ1) is 5.74. The van der Waals surface area contributed by atoms with E-state index >= 15 is 0 Å². The number of nitrogens with zero attached hydrogens (tertiary/aromatic N) is 3. The van der Waals surface area contributed by atoms with Crippen LogP contribution in [0.5, 0.6) is 0 Å². The third-order valence-electron chi connectivity index (χ3n) is 2.49. The van der Waals surface area contributed by atoms with E-state index in [2.05, 4.69) is 0 Å². The zero-order chi connectivity index (χ0) is 8.72. The van der Waals surface area contributed by atoms with Gasteiger partial charge < -0.3 is 4.90 Å². The Morgan fingerprint density at radius 1 is 1.58 bits per heavy atom. The molecular weight excluding hydrogens is 158 g/mol. The second-order valence-electron chi connectivity index (χ2n) is 3.16. The van der Waals surface area contributed by atoms with Gasteiger partial charge in [0.1, 0.15) is 6.04 Å². The van der Waals surface area contributed by atoms with Gasteiger partial charge in [0.25, 0.3) is 0 Å². The van der Waals surface area contributed by atoms with Gasteiger partial charge in [-0.15, -0.1) is 0 Å². The molecule has 2 aliphatic heterocycles. The van der Waals surface area contributed by atoms with E-state index in [0.717, 1.165) is 11.5 Å². The molecule has 2 rings (SSSR count). The molecule has 12 heavy (non-hydrogen) atoms. The number of amides is 2. The fraction of sp³-hybridized carbons (Fsp3) is 0.714. The Hall–Kier alpha value is -1.28. The van der Waals surface area contributed by atoms with Crippen LogP contribution in [0.4, 0.5) is 4.79 Å². The van der Waals surface area contributed by atoms with E-state index in [1.54, 1.807) is 0 Å². The molecule has 5 nitrogen and oxygen atoms in total. The maximum Gasteiger partial charge on any atom is 0.345 e. The first kappa shape index (κ1) is 7.37. The minimum atomic E-state index is -0.427. The van der Waals surface area contributed by atoms with E-state index in [-0.39, 0.29) is 12.1 Å². The number of hydroxylamine groups is 2. The van der Waals surface area contributed by atoms with Gasteiger partial charge in [-0.2, -0.15) is 5.26 Å². The Kier molecular flexibility index (Phi) is 1.45. The van der Waals surface area contributed by atoms with Crippen molar-refractivity contribution in [1.82, 2.24) is 9.96 Å². The number of carbonyl (C=O) groups excluding carboxylic acids is 1. The molecule has 2 aliphatic rings. The van der Waals surface area contributed by atoms with E-state index in [1.165, 1.54) is 4.90 Å². The average molecular weight is 167 g/mol. The number of fused-ring (bicyclic) bond motifs is 2. The Morgan fingerprint density at radius 3 is 3.00 bits per heavy atom. The maximum absolute atomic E-state index is 11.2. The summed E-state index contributed by atoms with van der Waals surface area (Å²) in [4.78, 5) is 12.6. The van der Waals surface area contributed by atoms with Gasteiger partial charge in [0.2, 0.25) is 0 Å². The van der Waals surface area contributed by atoms with Gasteiger partial charge >= 0.3 is 6.03 Å². The van der Waals surface area contributed by atoms with Crippen LogP contribution in [0.25, 0.3) is 0 Å². The van der Waals surface area contributed by atoms with Crippen molar-refractivity contribution in [2.24, 2.45) is 0 Å². The predicted octanol–water partition coefficient (Wildman–Crippen LogP) is 0.168. The molecule has 1 N–H and O–H groups in total. The fourth-order valence-corrected chi connectivity index (χ4v) is 1.78. The van der Waals surface area contributed by atoms with Crippen LogP contribution < -0.4 is 0 Å². The Bertz CT molecular complexity index is 260. The minimum absolute atomic E-state index is 0.0953. The van der Waals surface area contributed by atoms with Crippen molar-refractivity contribution in [2.75, 3.05) is 6.54 Å². The van der Waals surface area contributed by atoms with Crippen LogP contribution in [-0.2, 0) is 0 Å². The van der Waals surface area contributed by atoms with Crippen LogP contribution in [0.2, 0.25) is 0 Å². The molecule has 2 unspecified atom stereocenters. The molecule has 0 spiro atoms. The Morgan fingerprint density at radius 2 is 2.33 bits per heavy atom. The van der Waals surface area contributed by atoms with Gasteiger partial charge in [0.05, 0.1) is 12.1 Å². The molecule has 0 aromatic rings. The van der Waals surface area contributed by atoms with E-state index in [1.807, 2.05) is 6.07 Å². The number of carbonyl (C=O) groups is 1. The molecule has 64 valence electrons. The molecule has 2 saturated heterocycles. The van der Waals surface area contributed by atoms with Gasteiger partial charge in [-0.05, 0) is 12.8 Å². The predicted molar refractivity (Wildman–Crippen MR) is 38.2 cm³/mol. The first-order valence-corrected chi connectivity index (χ1v) is 3.92. The number of hydrogen-bond acceptors (Lipinski definition) is 3. The smallest absolute Gasteiger partial charge is 0.305 e. The van der Waals surface area contributed by atoms with Gasteiger partial charge in [0.15, 0.2) is 0 Å². The van der Waals surface area contributed by atoms with Crippen LogP contribution in [0.15, 0.2) is 0 Å². The lowest BCUT2D eigenvalue weighted by molar-refractivity contribution is -0.0583. The number of hydrogen-bond donors (Lipinski definition) is 1. The summed E-state index contributed by atoms with van der Waals surface area (Å²) in [6.45, 7) is 0.494. The lowest BCUT2D eigenvalue weighted by Crippen LogP contribution is -2.38. The number of nitriles is 1. The highest BCUT2D eigenvalue weighted by Crippen LogP contribution is 2.27. The number of urea groups is 1. The standard InChI is InChI=1S/C7H9N3O2/c8-3-5-1-2-6-4-9(5)7(11)10(6)12/h5-6,12H,1-2,4H2. The highest BCUT2D eigenvalue weighted by molar-refractivity contribution is 5.77. The van der Waals surface area contributed by atoms with Gasteiger partial charge in [-0.25, -0.2) is 9.86 Å². The molecule has 0 radical (unpaired) electrons. The largest absolute Gasteiger partial charge is 0.345 e. The molecule has 2 bridgehead atoms. The molecule has 2 amide bonds. The lowest BCUT2D eigenvalue weighted by atomic mass is 10.0. The molecule has 0 aromatic heterocycles. The van der Waals surface area contributed by atoms with E-state index in [4.69, 9.17) is 5.26 Å². The van der Waals surface area contributed by atoms with Crippen LogP contribution in [0.1, 0.15) is 12.8 Å². The van der Waals surface area contributed by atoms with Gasteiger partial charge in [-0.3, -0.25) is 5.21 Å². The summed E-state index contributed by atoms with van der Waals surface area (Å²) in [7, 11) is 0. The summed E-state index contributed by atoms with van der Waals surface area (Å²) in [5.74, 6) is 0. The highest BCUT2D eigenvalue weighted by Gasteiger charge is 2.44. The van der Waals surface area contributed by atoms with Crippen molar-refractivity contribution in [3.05, 3.63) is 0 Å². The molecule has 0 saturated carbocycles. The van der Waals surface area contributed by atoms with Crippen LogP contribution in [0.3, 0.4) is 0 Å². The Balaban J connectivity index is 2.24. The molecule has 2 atom stereocenters. The van der Waals surface area contributed by atoms with Crippen LogP contribution in [0, 0.1) is 11.3 Å². The summed E-state index contributed by atoms with van der Waals surface area (Å²) in [5, 5.41) is 18.6. The fourth-order valence-electron chi connectivity index (χ4n) is 1.78. The molecule has 5 heteroatoms. The van der Waals surface area contributed by atoms with E-state index in [0.29, 0.717) is 13.0 Å².